The minimum atomic E-state index is -0.728. The SMILES string of the molecule is Fc1cc(F)cc(-n2c(CCNc3ncnc4c3ncn4[C@@H]3CCCCO3)nc3ccc(F)cc32)c1. The summed E-state index contributed by atoms with van der Waals surface area (Å²) in [5.41, 5.74) is 2.47. The Kier molecular flexibility index (Phi) is 5.76. The number of ether oxygens (including phenoxy) is 1. The van der Waals surface area contributed by atoms with Gasteiger partial charge in [0.05, 0.1) is 23.0 Å². The minimum Gasteiger partial charge on any atom is -0.368 e. The Balaban J connectivity index is 1.29. The van der Waals surface area contributed by atoms with E-state index in [1.54, 1.807) is 17.0 Å². The lowest BCUT2D eigenvalue weighted by Gasteiger charge is -2.23. The number of halogens is 3. The van der Waals surface area contributed by atoms with Crippen molar-refractivity contribution in [3.63, 3.8) is 0 Å². The molecule has 0 aliphatic carbocycles. The summed E-state index contributed by atoms with van der Waals surface area (Å²) in [4.78, 5) is 17.8. The number of benzene rings is 2. The Hall–Kier alpha value is -3.99. The molecule has 1 aliphatic heterocycles. The van der Waals surface area contributed by atoms with Crippen molar-refractivity contribution in [3.05, 3.63) is 72.3 Å². The van der Waals surface area contributed by atoms with Crippen molar-refractivity contribution in [2.24, 2.45) is 0 Å². The fraction of sp³-hybridized carbons (Fsp3) is 0.280. The average molecular weight is 493 g/mol. The van der Waals surface area contributed by atoms with E-state index < -0.39 is 17.5 Å². The quantitative estimate of drug-likeness (QED) is 0.361. The van der Waals surface area contributed by atoms with E-state index in [4.69, 9.17) is 4.74 Å². The third kappa shape index (κ3) is 4.15. The molecule has 1 fully saturated rings. The van der Waals surface area contributed by atoms with Crippen molar-refractivity contribution >= 4 is 28.0 Å². The molecule has 184 valence electrons. The van der Waals surface area contributed by atoms with E-state index in [0.717, 1.165) is 25.3 Å². The monoisotopic (exact) mass is 493 g/mol. The second kappa shape index (κ2) is 9.23. The molecular formula is C25H22F3N7O. The number of nitrogens with zero attached hydrogens (tertiary/aromatic N) is 6. The normalized spacial score (nSPS) is 16.1. The van der Waals surface area contributed by atoms with Gasteiger partial charge in [-0.05, 0) is 43.5 Å². The van der Waals surface area contributed by atoms with Gasteiger partial charge in [0.2, 0.25) is 0 Å². The molecule has 2 aromatic carbocycles. The molecule has 3 aromatic heterocycles. The van der Waals surface area contributed by atoms with Crippen LogP contribution in [0.3, 0.4) is 0 Å². The Morgan fingerprint density at radius 1 is 0.972 bits per heavy atom. The molecule has 0 amide bonds. The first-order valence-electron chi connectivity index (χ1n) is 11.7. The van der Waals surface area contributed by atoms with Crippen LogP contribution in [0, 0.1) is 17.5 Å². The summed E-state index contributed by atoms with van der Waals surface area (Å²) < 4.78 is 51.4. The first-order chi connectivity index (χ1) is 17.6. The number of rotatable bonds is 6. The Bertz CT molecular complexity index is 1540. The molecule has 1 N–H and O–H groups in total. The smallest absolute Gasteiger partial charge is 0.167 e. The van der Waals surface area contributed by atoms with Crippen LogP contribution in [0.1, 0.15) is 31.3 Å². The summed E-state index contributed by atoms with van der Waals surface area (Å²) in [7, 11) is 0. The lowest BCUT2D eigenvalue weighted by atomic mass is 10.2. The number of imidazole rings is 2. The molecule has 1 atom stereocenters. The maximum atomic E-state index is 14.0. The molecule has 0 radical (unpaired) electrons. The molecule has 0 saturated carbocycles. The van der Waals surface area contributed by atoms with E-state index in [0.29, 0.717) is 53.4 Å². The second-order valence-corrected chi connectivity index (χ2v) is 8.67. The molecule has 1 saturated heterocycles. The number of aromatic nitrogens is 6. The molecule has 36 heavy (non-hydrogen) atoms. The maximum absolute atomic E-state index is 14.0. The van der Waals surface area contributed by atoms with E-state index >= 15 is 0 Å². The van der Waals surface area contributed by atoms with Gasteiger partial charge in [-0.25, -0.2) is 33.1 Å². The zero-order chi connectivity index (χ0) is 24.6. The zero-order valence-electron chi connectivity index (χ0n) is 19.2. The summed E-state index contributed by atoms with van der Waals surface area (Å²) in [5.74, 6) is -0.854. The van der Waals surface area contributed by atoms with Gasteiger partial charge < -0.3 is 10.1 Å². The number of nitrogens with one attached hydrogen (secondary N) is 1. The van der Waals surface area contributed by atoms with Crippen LogP contribution in [-0.2, 0) is 11.2 Å². The van der Waals surface area contributed by atoms with Gasteiger partial charge in [0.15, 0.2) is 17.0 Å². The highest BCUT2D eigenvalue weighted by molar-refractivity contribution is 5.82. The summed E-state index contributed by atoms with van der Waals surface area (Å²) in [6.45, 7) is 1.10. The van der Waals surface area contributed by atoms with Crippen LogP contribution in [-0.4, -0.2) is 42.2 Å². The van der Waals surface area contributed by atoms with E-state index in [2.05, 4.69) is 25.3 Å². The molecule has 0 spiro atoms. The second-order valence-electron chi connectivity index (χ2n) is 8.67. The number of anilines is 1. The average Bonchev–Trinajstić information content (AvgIpc) is 3.46. The highest BCUT2D eigenvalue weighted by Gasteiger charge is 2.20. The maximum Gasteiger partial charge on any atom is 0.167 e. The third-order valence-electron chi connectivity index (χ3n) is 6.26. The highest BCUT2D eigenvalue weighted by atomic mass is 19.1. The van der Waals surface area contributed by atoms with Gasteiger partial charge in [0.25, 0.3) is 0 Å². The lowest BCUT2D eigenvalue weighted by molar-refractivity contribution is -0.0298. The highest BCUT2D eigenvalue weighted by Crippen LogP contribution is 2.28. The number of fused-ring (bicyclic) bond motifs is 2. The first-order valence-corrected chi connectivity index (χ1v) is 11.7. The van der Waals surface area contributed by atoms with E-state index in [9.17, 15) is 13.2 Å². The predicted molar refractivity (Wildman–Crippen MR) is 127 cm³/mol. The molecule has 8 nitrogen and oxygen atoms in total. The van der Waals surface area contributed by atoms with Gasteiger partial charge in [-0.1, -0.05) is 0 Å². The lowest BCUT2D eigenvalue weighted by Crippen LogP contribution is -2.17. The minimum absolute atomic E-state index is 0.0986. The van der Waals surface area contributed by atoms with E-state index in [1.807, 2.05) is 4.57 Å². The summed E-state index contributed by atoms with van der Waals surface area (Å²) in [5, 5.41) is 3.27. The zero-order valence-corrected chi connectivity index (χ0v) is 19.2. The van der Waals surface area contributed by atoms with Crippen LogP contribution >= 0.6 is 0 Å². The summed E-state index contributed by atoms with van der Waals surface area (Å²) >= 11 is 0. The summed E-state index contributed by atoms with van der Waals surface area (Å²) in [6, 6.07) is 7.33. The van der Waals surface area contributed by atoms with E-state index in [-0.39, 0.29) is 11.9 Å². The molecule has 0 unspecified atom stereocenters. The fourth-order valence-electron chi connectivity index (χ4n) is 4.65. The molecule has 5 aromatic rings. The largest absolute Gasteiger partial charge is 0.368 e. The Morgan fingerprint density at radius 3 is 2.64 bits per heavy atom. The van der Waals surface area contributed by atoms with Crippen molar-refractivity contribution in [3.8, 4) is 5.69 Å². The molecule has 11 heteroatoms. The van der Waals surface area contributed by atoms with E-state index in [1.165, 1.54) is 30.6 Å². The van der Waals surface area contributed by atoms with Gasteiger partial charge >= 0.3 is 0 Å². The van der Waals surface area contributed by atoms with Gasteiger partial charge in [-0.2, -0.15) is 0 Å². The van der Waals surface area contributed by atoms with Crippen LogP contribution in [0.5, 0.6) is 0 Å². The topological polar surface area (TPSA) is 82.7 Å². The van der Waals surface area contributed by atoms with Crippen molar-refractivity contribution in [2.45, 2.75) is 31.9 Å². The van der Waals surface area contributed by atoms with Gasteiger partial charge in [-0.3, -0.25) is 9.13 Å². The van der Waals surface area contributed by atoms with Crippen molar-refractivity contribution in [1.29, 1.82) is 0 Å². The molecule has 6 rings (SSSR count). The van der Waals surface area contributed by atoms with Crippen LogP contribution in [0.4, 0.5) is 19.0 Å². The first kappa shape index (κ1) is 22.5. The molecule has 1 aliphatic rings. The number of hydrogen-bond acceptors (Lipinski definition) is 6. The van der Waals surface area contributed by atoms with Crippen molar-refractivity contribution in [1.82, 2.24) is 29.1 Å². The Morgan fingerprint density at radius 2 is 1.83 bits per heavy atom. The van der Waals surface area contributed by atoms with Gasteiger partial charge in [0.1, 0.15) is 35.8 Å². The molecule has 4 heterocycles. The van der Waals surface area contributed by atoms with Crippen molar-refractivity contribution in [2.75, 3.05) is 18.5 Å². The van der Waals surface area contributed by atoms with Crippen LogP contribution in [0.15, 0.2) is 49.1 Å². The van der Waals surface area contributed by atoms with Crippen LogP contribution in [0.2, 0.25) is 0 Å². The van der Waals surface area contributed by atoms with Crippen molar-refractivity contribution < 1.29 is 17.9 Å². The van der Waals surface area contributed by atoms with Crippen LogP contribution in [0.25, 0.3) is 27.9 Å². The molecule has 0 bridgehead atoms. The molecular weight excluding hydrogens is 471 g/mol. The van der Waals surface area contributed by atoms with Gasteiger partial charge in [0, 0.05) is 31.7 Å². The van der Waals surface area contributed by atoms with Gasteiger partial charge in [-0.15, -0.1) is 0 Å². The Labute approximate surface area is 203 Å². The van der Waals surface area contributed by atoms with Crippen LogP contribution < -0.4 is 5.32 Å². The predicted octanol–water partition coefficient (Wildman–Crippen LogP) is 4.94. The standard InChI is InChI=1S/C25H22F3N7O/c26-15-4-5-19-20(12-15)35(18-10-16(27)9-17(28)11-18)21(33-19)6-7-29-24-23-25(31-13-30-24)34(14-32-23)22-3-1-2-8-36-22/h4-5,9-14,22H,1-3,6-8H2,(H,29,30,31)/t22-/m0/s1. The fourth-order valence-corrected chi connectivity index (χ4v) is 4.65. The third-order valence-corrected chi connectivity index (χ3v) is 6.26. The summed E-state index contributed by atoms with van der Waals surface area (Å²) in [6.07, 6.45) is 6.48. The number of hydrogen-bond donors (Lipinski definition) is 1.